The smallest absolute Gasteiger partial charge is 0.233 e. The van der Waals surface area contributed by atoms with Gasteiger partial charge in [0.15, 0.2) is 0 Å². The summed E-state index contributed by atoms with van der Waals surface area (Å²) < 4.78 is 5.17. The number of nitrogens with zero attached hydrogens (tertiary/aromatic N) is 4. The zero-order chi connectivity index (χ0) is 14.7. The standard InChI is InChI=1S/C13H16ClN5O/c1-8-7-9(20-4)5-6-10(8)15-12-16-11(14)17-13(18-12)19(2)3/h5-7H,1-4H3,(H,15,16,17,18). The SMILES string of the molecule is COc1ccc(Nc2nc(Cl)nc(N(C)C)n2)c(C)c1. The molecule has 0 saturated carbocycles. The van der Waals surface area contributed by atoms with Crippen molar-refractivity contribution in [3.8, 4) is 5.75 Å². The molecule has 106 valence electrons. The van der Waals surface area contributed by atoms with Crippen LogP contribution in [0.15, 0.2) is 18.2 Å². The largest absolute Gasteiger partial charge is 0.497 e. The molecule has 0 atom stereocenters. The van der Waals surface area contributed by atoms with Gasteiger partial charge in [0.25, 0.3) is 0 Å². The fourth-order valence-electron chi connectivity index (χ4n) is 1.62. The number of anilines is 3. The lowest BCUT2D eigenvalue weighted by atomic mass is 10.2. The topological polar surface area (TPSA) is 63.2 Å². The predicted molar refractivity (Wildman–Crippen MR) is 80.2 cm³/mol. The molecule has 0 bridgehead atoms. The van der Waals surface area contributed by atoms with E-state index in [1.165, 1.54) is 0 Å². The highest BCUT2D eigenvalue weighted by Crippen LogP contribution is 2.24. The first-order valence-corrected chi connectivity index (χ1v) is 6.38. The minimum absolute atomic E-state index is 0.150. The molecule has 1 heterocycles. The Morgan fingerprint density at radius 2 is 1.95 bits per heavy atom. The van der Waals surface area contributed by atoms with Gasteiger partial charge < -0.3 is 15.0 Å². The lowest BCUT2D eigenvalue weighted by Gasteiger charge is -2.13. The van der Waals surface area contributed by atoms with E-state index < -0.39 is 0 Å². The molecule has 0 aliphatic rings. The van der Waals surface area contributed by atoms with Crippen LogP contribution >= 0.6 is 11.6 Å². The Hall–Kier alpha value is -2.08. The van der Waals surface area contributed by atoms with E-state index in [0.717, 1.165) is 17.0 Å². The van der Waals surface area contributed by atoms with E-state index >= 15 is 0 Å². The molecule has 0 radical (unpaired) electrons. The van der Waals surface area contributed by atoms with Crippen molar-refractivity contribution in [1.29, 1.82) is 0 Å². The first kappa shape index (κ1) is 14.3. The molecular formula is C13H16ClN5O. The number of halogens is 1. The average molecular weight is 294 g/mol. The summed E-state index contributed by atoms with van der Waals surface area (Å²) in [6.45, 7) is 1.97. The number of ether oxygens (including phenoxy) is 1. The normalized spacial score (nSPS) is 10.2. The highest BCUT2D eigenvalue weighted by molar-refractivity contribution is 6.28. The lowest BCUT2D eigenvalue weighted by molar-refractivity contribution is 0.414. The molecule has 6 nitrogen and oxygen atoms in total. The predicted octanol–water partition coefficient (Wildman–Crippen LogP) is 2.65. The number of aryl methyl sites for hydroxylation is 1. The average Bonchev–Trinajstić information content (AvgIpc) is 2.40. The van der Waals surface area contributed by atoms with Gasteiger partial charge in [0.1, 0.15) is 5.75 Å². The van der Waals surface area contributed by atoms with E-state index in [0.29, 0.717) is 11.9 Å². The van der Waals surface area contributed by atoms with Gasteiger partial charge in [-0.3, -0.25) is 0 Å². The van der Waals surface area contributed by atoms with Gasteiger partial charge in [-0.05, 0) is 42.3 Å². The van der Waals surface area contributed by atoms with Gasteiger partial charge in [-0.25, -0.2) is 0 Å². The molecule has 0 aliphatic heterocycles. The van der Waals surface area contributed by atoms with Crippen LogP contribution in [0.3, 0.4) is 0 Å². The van der Waals surface area contributed by atoms with Crippen molar-refractivity contribution in [3.05, 3.63) is 29.0 Å². The van der Waals surface area contributed by atoms with Crippen molar-refractivity contribution in [2.45, 2.75) is 6.92 Å². The minimum Gasteiger partial charge on any atom is -0.497 e. The highest BCUT2D eigenvalue weighted by atomic mass is 35.5. The first-order chi connectivity index (χ1) is 9.49. The van der Waals surface area contributed by atoms with Crippen molar-refractivity contribution in [2.75, 3.05) is 31.4 Å². The van der Waals surface area contributed by atoms with Crippen LogP contribution in [-0.2, 0) is 0 Å². The molecule has 0 unspecified atom stereocenters. The molecule has 0 saturated heterocycles. The van der Waals surface area contributed by atoms with Crippen molar-refractivity contribution in [1.82, 2.24) is 15.0 Å². The maximum atomic E-state index is 5.90. The van der Waals surface area contributed by atoms with Gasteiger partial charge in [-0.15, -0.1) is 0 Å². The number of hydrogen-bond acceptors (Lipinski definition) is 6. The second-order valence-electron chi connectivity index (χ2n) is 4.43. The molecule has 0 fully saturated rings. The summed E-state index contributed by atoms with van der Waals surface area (Å²) >= 11 is 5.90. The second-order valence-corrected chi connectivity index (χ2v) is 4.77. The van der Waals surface area contributed by atoms with Gasteiger partial charge in [0.2, 0.25) is 17.2 Å². The van der Waals surface area contributed by atoms with E-state index in [2.05, 4.69) is 20.3 Å². The Balaban J connectivity index is 2.30. The van der Waals surface area contributed by atoms with Gasteiger partial charge >= 0.3 is 0 Å². The molecular weight excluding hydrogens is 278 g/mol. The van der Waals surface area contributed by atoms with Crippen LogP contribution in [0.25, 0.3) is 0 Å². The fourth-order valence-corrected chi connectivity index (χ4v) is 1.78. The summed E-state index contributed by atoms with van der Waals surface area (Å²) in [5, 5.41) is 3.28. The summed E-state index contributed by atoms with van der Waals surface area (Å²) in [6, 6.07) is 5.70. The Bertz CT molecular complexity index is 618. The molecule has 2 rings (SSSR count). The molecule has 1 aromatic heterocycles. The number of nitrogens with one attached hydrogen (secondary N) is 1. The van der Waals surface area contributed by atoms with Crippen LogP contribution in [0.2, 0.25) is 5.28 Å². The zero-order valence-electron chi connectivity index (χ0n) is 11.8. The molecule has 7 heteroatoms. The third-order valence-electron chi connectivity index (χ3n) is 2.68. The van der Waals surface area contributed by atoms with E-state index in [1.54, 1.807) is 12.0 Å². The quantitative estimate of drug-likeness (QED) is 0.935. The minimum atomic E-state index is 0.150. The van der Waals surface area contributed by atoms with Crippen molar-refractivity contribution < 1.29 is 4.74 Å². The lowest BCUT2D eigenvalue weighted by Crippen LogP contribution is -2.14. The van der Waals surface area contributed by atoms with E-state index in [9.17, 15) is 0 Å². The van der Waals surface area contributed by atoms with Gasteiger partial charge in [0.05, 0.1) is 7.11 Å². The Morgan fingerprint density at radius 1 is 1.20 bits per heavy atom. The van der Waals surface area contributed by atoms with E-state index in [1.807, 2.05) is 39.2 Å². The number of benzene rings is 1. The van der Waals surface area contributed by atoms with Crippen LogP contribution in [0, 0.1) is 6.92 Å². The third kappa shape index (κ3) is 3.27. The van der Waals surface area contributed by atoms with Gasteiger partial charge in [0, 0.05) is 19.8 Å². The molecule has 1 aromatic carbocycles. The summed E-state index contributed by atoms with van der Waals surface area (Å²) in [7, 11) is 5.32. The van der Waals surface area contributed by atoms with Gasteiger partial charge in [-0.1, -0.05) is 0 Å². The number of hydrogen-bond donors (Lipinski definition) is 1. The zero-order valence-corrected chi connectivity index (χ0v) is 12.6. The van der Waals surface area contributed by atoms with Crippen molar-refractivity contribution >= 4 is 29.2 Å². The molecule has 0 amide bonds. The number of methoxy groups -OCH3 is 1. The van der Waals surface area contributed by atoms with Crippen LogP contribution in [0.1, 0.15) is 5.56 Å². The van der Waals surface area contributed by atoms with Gasteiger partial charge in [-0.2, -0.15) is 15.0 Å². The Morgan fingerprint density at radius 3 is 2.55 bits per heavy atom. The highest BCUT2D eigenvalue weighted by Gasteiger charge is 2.08. The summed E-state index contributed by atoms with van der Waals surface area (Å²) in [5.74, 6) is 1.70. The molecule has 20 heavy (non-hydrogen) atoms. The van der Waals surface area contributed by atoms with Crippen LogP contribution in [0.5, 0.6) is 5.75 Å². The Kier molecular flexibility index (Phi) is 4.24. The number of rotatable bonds is 4. The molecule has 0 aliphatic carbocycles. The summed E-state index contributed by atoms with van der Waals surface area (Å²) in [5.41, 5.74) is 1.91. The number of aromatic nitrogens is 3. The maximum Gasteiger partial charge on any atom is 0.233 e. The molecule has 2 aromatic rings. The van der Waals surface area contributed by atoms with Crippen molar-refractivity contribution in [3.63, 3.8) is 0 Å². The monoisotopic (exact) mass is 293 g/mol. The Labute approximate surface area is 122 Å². The molecule has 1 N–H and O–H groups in total. The van der Waals surface area contributed by atoms with Crippen LogP contribution in [-0.4, -0.2) is 36.2 Å². The van der Waals surface area contributed by atoms with Crippen LogP contribution in [0.4, 0.5) is 17.6 Å². The third-order valence-corrected chi connectivity index (χ3v) is 2.85. The van der Waals surface area contributed by atoms with Crippen LogP contribution < -0.4 is 15.0 Å². The first-order valence-electron chi connectivity index (χ1n) is 6.00. The maximum absolute atomic E-state index is 5.90. The van der Waals surface area contributed by atoms with E-state index in [4.69, 9.17) is 16.3 Å². The summed E-state index contributed by atoms with van der Waals surface area (Å²) in [4.78, 5) is 14.2. The summed E-state index contributed by atoms with van der Waals surface area (Å²) in [6.07, 6.45) is 0. The second kappa shape index (κ2) is 5.92. The van der Waals surface area contributed by atoms with Crippen molar-refractivity contribution in [2.24, 2.45) is 0 Å². The fraction of sp³-hybridized carbons (Fsp3) is 0.308. The van der Waals surface area contributed by atoms with E-state index in [-0.39, 0.29) is 5.28 Å². The molecule has 0 spiro atoms.